The average Bonchev–Trinajstić information content (AvgIpc) is 2.38. The fourth-order valence-corrected chi connectivity index (χ4v) is 2.12. The summed E-state index contributed by atoms with van der Waals surface area (Å²) >= 11 is 0. The summed E-state index contributed by atoms with van der Waals surface area (Å²) in [5.74, 6) is 0. The lowest BCUT2D eigenvalue weighted by Crippen LogP contribution is -2.16. The molecule has 0 aliphatic heterocycles. The summed E-state index contributed by atoms with van der Waals surface area (Å²) in [6.45, 7) is 0.677. The van der Waals surface area contributed by atoms with Crippen molar-refractivity contribution in [3.8, 4) is 6.07 Å². The molecule has 0 aromatic heterocycles. The van der Waals surface area contributed by atoms with Gasteiger partial charge in [-0.1, -0.05) is 31.4 Å². The maximum atomic E-state index is 8.68. The highest BCUT2D eigenvalue weighted by molar-refractivity contribution is 5.31. The van der Waals surface area contributed by atoms with Crippen LogP contribution in [-0.4, -0.2) is 6.10 Å². The first kappa shape index (κ1) is 11.2. The first-order chi connectivity index (χ1) is 7.88. The topological polar surface area (TPSA) is 33.0 Å². The van der Waals surface area contributed by atoms with Crippen molar-refractivity contribution in [3.63, 3.8) is 0 Å². The van der Waals surface area contributed by atoms with E-state index in [-0.39, 0.29) is 0 Å². The van der Waals surface area contributed by atoms with Gasteiger partial charge in [-0.05, 0) is 30.5 Å². The summed E-state index contributed by atoms with van der Waals surface area (Å²) in [5.41, 5.74) is 1.87. The molecule has 1 aliphatic carbocycles. The number of hydrogen-bond donors (Lipinski definition) is 0. The van der Waals surface area contributed by atoms with Crippen molar-refractivity contribution in [2.45, 2.75) is 44.8 Å². The Morgan fingerprint density at radius 3 is 2.44 bits per heavy atom. The zero-order valence-corrected chi connectivity index (χ0v) is 9.48. The first-order valence-corrected chi connectivity index (χ1v) is 5.99. The zero-order chi connectivity index (χ0) is 11.2. The lowest BCUT2D eigenvalue weighted by molar-refractivity contribution is 0.0169. The van der Waals surface area contributed by atoms with Crippen molar-refractivity contribution >= 4 is 0 Å². The van der Waals surface area contributed by atoms with Crippen LogP contribution in [0.2, 0.25) is 0 Å². The van der Waals surface area contributed by atoms with Crippen molar-refractivity contribution in [2.24, 2.45) is 0 Å². The Labute approximate surface area is 96.9 Å². The van der Waals surface area contributed by atoms with Crippen LogP contribution < -0.4 is 0 Å². The molecule has 1 aliphatic rings. The molecule has 2 heteroatoms. The third-order valence-electron chi connectivity index (χ3n) is 3.12. The molecule has 84 valence electrons. The molecule has 1 saturated carbocycles. The second-order valence-corrected chi connectivity index (χ2v) is 4.38. The molecule has 0 N–H and O–H groups in total. The van der Waals surface area contributed by atoms with E-state index in [2.05, 4.69) is 6.07 Å². The van der Waals surface area contributed by atoms with Crippen LogP contribution in [0.1, 0.15) is 43.2 Å². The van der Waals surface area contributed by atoms with E-state index in [1.165, 1.54) is 32.1 Å². The van der Waals surface area contributed by atoms with Crippen LogP contribution in [0.25, 0.3) is 0 Å². The number of ether oxygens (including phenoxy) is 1. The Morgan fingerprint density at radius 2 is 1.81 bits per heavy atom. The molecule has 1 aromatic carbocycles. The van der Waals surface area contributed by atoms with Gasteiger partial charge in [-0.25, -0.2) is 0 Å². The van der Waals surface area contributed by atoms with E-state index < -0.39 is 0 Å². The predicted octanol–water partition coefficient (Wildman–Crippen LogP) is 3.41. The summed E-state index contributed by atoms with van der Waals surface area (Å²) in [4.78, 5) is 0. The molecule has 1 aromatic rings. The number of nitriles is 1. The quantitative estimate of drug-likeness (QED) is 0.774. The van der Waals surface area contributed by atoms with E-state index in [9.17, 15) is 0 Å². The third kappa shape index (κ3) is 3.08. The van der Waals surface area contributed by atoms with Crippen LogP contribution >= 0.6 is 0 Å². The van der Waals surface area contributed by atoms with Crippen LogP contribution in [0.3, 0.4) is 0 Å². The second kappa shape index (κ2) is 5.67. The van der Waals surface area contributed by atoms with Gasteiger partial charge < -0.3 is 4.74 Å². The van der Waals surface area contributed by atoms with Gasteiger partial charge in [0.2, 0.25) is 0 Å². The molecule has 0 radical (unpaired) electrons. The van der Waals surface area contributed by atoms with E-state index in [0.717, 1.165) is 5.56 Å². The van der Waals surface area contributed by atoms with Gasteiger partial charge >= 0.3 is 0 Å². The molecule has 0 bridgehead atoms. The minimum Gasteiger partial charge on any atom is -0.374 e. The van der Waals surface area contributed by atoms with Crippen molar-refractivity contribution in [3.05, 3.63) is 35.4 Å². The zero-order valence-electron chi connectivity index (χ0n) is 9.48. The first-order valence-electron chi connectivity index (χ1n) is 5.99. The van der Waals surface area contributed by atoms with Crippen LogP contribution in [-0.2, 0) is 11.3 Å². The van der Waals surface area contributed by atoms with Crippen LogP contribution in [0, 0.1) is 11.3 Å². The third-order valence-corrected chi connectivity index (χ3v) is 3.12. The largest absolute Gasteiger partial charge is 0.374 e. The van der Waals surface area contributed by atoms with Crippen molar-refractivity contribution in [1.29, 1.82) is 5.26 Å². The molecular weight excluding hydrogens is 198 g/mol. The van der Waals surface area contributed by atoms with Crippen LogP contribution in [0.4, 0.5) is 0 Å². The van der Waals surface area contributed by atoms with E-state index in [1.54, 1.807) is 0 Å². The van der Waals surface area contributed by atoms with Crippen molar-refractivity contribution in [1.82, 2.24) is 0 Å². The summed E-state index contributed by atoms with van der Waals surface area (Å²) in [6.07, 6.45) is 6.82. The SMILES string of the molecule is N#Cc1ccc(COC2CCCCC2)cc1. The molecule has 0 heterocycles. The van der Waals surface area contributed by atoms with Gasteiger partial charge in [0.05, 0.1) is 24.3 Å². The van der Waals surface area contributed by atoms with Crippen LogP contribution in [0.5, 0.6) is 0 Å². The highest BCUT2D eigenvalue weighted by Gasteiger charge is 2.13. The fourth-order valence-electron chi connectivity index (χ4n) is 2.12. The van der Waals surface area contributed by atoms with Gasteiger partial charge in [0.15, 0.2) is 0 Å². The minimum absolute atomic E-state index is 0.449. The molecule has 0 unspecified atom stereocenters. The number of nitrogens with zero attached hydrogens (tertiary/aromatic N) is 1. The maximum Gasteiger partial charge on any atom is 0.0991 e. The van der Waals surface area contributed by atoms with Gasteiger partial charge in [-0.3, -0.25) is 0 Å². The van der Waals surface area contributed by atoms with E-state index in [1.807, 2.05) is 24.3 Å². The second-order valence-electron chi connectivity index (χ2n) is 4.38. The fraction of sp³-hybridized carbons (Fsp3) is 0.500. The van der Waals surface area contributed by atoms with Crippen molar-refractivity contribution < 1.29 is 4.74 Å². The number of benzene rings is 1. The normalized spacial score (nSPS) is 16.9. The van der Waals surface area contributed by atoms with E-state index in [4.69, 9.17) is 10.00 Å². The Balaban J connectivity index is 1.82. The summed E-state index contributed by atoms with van der Waals surface area (Å²) in [7, 11) is 0. The summed E-state index contributed by atoms with van der Waals surface area (Å²) in [6, 6.07) is 9.76. The molecule has 16 heavy (non-hydrogen) atoms. The summed E-state index contributed by atoms with van der Waals surface area (Å²) in [5, 5.41) is 8.68. The number of hydrogen-bond acceptors (Lipinski definition) is 2. The highest BCUT2D eigenvalue weighted by atomic mass is 16.5. The Hall–Kier alpha value is -1.33. The smallest absolute Gasteiger partial charge is 0.0991 e. The molecule has 1 fully saturated rings. The van der Waals surface area contributed by atoms with Gasteiger partial charge in [0.25, 0.3) is 0 Å². The summed E-state index contributed by atoms with van der Waals surface area (Å²) < 4.78 is 5.86. The van der Waals surface area contributed by atoms with Crippen LogP contribution in [0.15, 0.2) is 24.3 Å². The van der Waals surface area contributed by atoms with E-state index >= 15 is 0 Å². The maximum absolute atomic E-state index is 8.68. The highest BCUT2D eigenvalue weighted by Crippen LogP contribution is 2.21. The Bertz CT molecular complexity index is 357. The standard InChI is InChI=1S/C14H17NO/c15-10-12-6-8-13(9-7-12)11-16-14-4-2-1-3-5-14/h6-9,14H,1-5,11H2. The lowest BCUT2D eigenvalue weighted by atomic mass is 9.98. The van der Waals surface area contributed by atoms with Crippen molar-refractivity contribution in [2.75, 3.05) is 0 Å². The number of rotatable bonds is 3. The lowest BCUT2D eigenvalue weighted by Gasteiger charge is -2.21. The van der Waals surface area contributed by atoms with E-state index in [0.29, 0.717) is 18.3 Å². The molecular formula is C14H17NO. The Morgan fingerprint density at radius 1 is 1.12 bits per heavy atom. The molecule has 0 amide bonds. The molecule has 0 spiro atoms. The van der Waals surface area contributed by atoms with Gasteiger partial charge in [0, 0.05) is 0 Å². The molecule has 0 saturated heterocycles. The molecule has 2 nitrogen and oxygen atoms in total. The molecule has 0 atom stereocenters. The van der Waals surface area contributed by atoms with Gasteiger partial charge in [-0.2, -0.15) is 5.26 Å². The monoisotopic (exact) mass is 215 g/mol. The average molecular weight is 215 g/mol. The predicted molar refractivity (Wildman–Crippen MR) is 62.8 cm³/mol. The Kier molecular flexibility index (Phi) is 3.96. The van der Waals surface area contributed by atoms with Gasteiger partial charge in [0.1, 0.15) is 0 Å². The van der Waals surface area contributed by atoms with Gasteiger partial charge in [-0.15, -0.1) is 0 Å². The minimum atomic E-state index is 0.449. The molecule has 2 rings (SSSR count).